The molecule has 2 rings (SSSR count). The second-order valence-electron chi connectivity index (χ2n) is 4.55. The van der Waals surface area contributed by atoms with Crippen LogP contribution in [0.4, 0.5) is 5.69 Å². The highest BCUT2D eigenvalue weighted by molar-refractivity contribution is 9.10. The SMILES string of the molecule is Nc1ccc(Br)c(C(=O)NC2CCCCC2)c1. The molecular formula is C13H17BrN2O. The highest BCUT2D eigenvalue weighted by Crippen LogP contribution is 2.21. The summed E-state index contributed by atoms with van der Waals surface area (Å²) in [5, 5.41) is 3.08. The number of nitrogens with two attached hydrogens (primary N) is 1. The van der Waals surface area contributed by atoms with Crippen molar-refractivity contribution in [3.05, 3.63) is 28.2 Å². The highest BCUT2D eigenvalue weighted by atomic mass is 79.9. The second-order valence-corrected chi connectivity index (χ2v) is 5.40. The van der Waals surface area contributed by atoms with Crippen molar-refractivity contribution in [3.63, 3.8) is 0 Å². The first kappa shape index (κ1) is 12.4. The molecule has 1 saturated carbocycles. The Kier molecular flexibility index (Phi) is 4.05. The van der Waals surface area contributed by atoms with Gasteiger partial charge in [-0.05, 0) is 47.0 Å². The van der Waals surface area contributed by atoms with Gasteiger partial charge in [-0.25, -0.2) is 0 Å². The minimum Gasteiger partial charge on any atom is -0.399 e. The molecular weight excluding hydrogens is 280 g/mol. The summed E-state index contributed by atoms with van der Waals surface area (Å²) in [6.07, 6.45) is 5.89. The molecule has 0 unspecified atom stereocenters. The van der Waals surface area contributed by atoms with Crippen LogP contribution in [0.3, 0.4) is 0 Å². The van der Waals surface area contributed by atoms with Crippen LogP contribution in [0, 0.1) is 0 Å². The lowest BCUT2D eigenvalue weighted by molar-refractivity contribution is 0.0927. The average Bonchev–Trinajstić information content (AvgIpc) is 2.33. The van der Waals surface area contributed by atoms with Crippen molar-refractivity contribution in [2.75, 3.05) is 5.73 Å². The number of nitrogen functional groups attached to an aromatic ring is 1. The molecule has 0 atom stereocenters. The van der Waals surface area contributed by atoms with E-state index in [4.69, 9.17) is 5.73 Å². The number of carbonyl (C=O) groups excluding carboxylic acids is 1. The summed E-state index contributed by atoms with van der Waals surface area (Å²) in [4.78, 5) is 12.1. The van der Waals surface area contributed by atoms with Crippen LogP contribution in [-0.4, -0.2) is 11.9 Å². The molecule has 1 amide bonds. The van der Waals surface area contributed by atoms with Crippen LogP contribution in [-0.2, 0) is 0 Å². The zero-order valence-electron chi connectivity index (χ0n) is 9.71. The quantitative estimate of drug-likeness (QED) is 0.824. The molecule has 0 radical (unpaired) electrons. The molecule has 1 aromatic rings. The molecule has 0 spiro atoms. The highest BCUT2D eigenvalue weighted by Gasteiger charge is 2.18. The molecule has 1 aliphatic rings. The van der Waals surface area contributed by atoms with Crippen LogP contribution < -0.4 is 11.1 Å². The number of halogens is 1. The van der Waals surface area contributed by atoms with Crippen molar-refractivity contribution >= 4 is 27.5 Å². The predicted octanol–water partition coefficient (Wildman–Crippen LogP) is 3.09. The van der Waals surface area contributed by atoms with E-state index in [0.717, 1.165) is 17.3 Å². The molecule has 0 heterocycles. The van der Waals surface area contributed by atoms with Gasteiger partial charge in [-0.1, -0.05) is 19.3 Å². The van der Waals surface area contributed by atoms with Crippen molar-refractivity contribution in [2.45, 2.75) is 38.1 Å². The van der Waals surface area contributed by atoms with Gasteiger partial charge in [0.05, 0.1) is 5.56 Å². The van der Waals surface area contributed by atoms with Crippen molar-refractivity contribution in [2.24, 2.45) is 0 Å². The first-order chi connectivity index (χ1) is 8.16. The molecule has 0 saturated heterocycles. The van der Waals surface area contributed by atoms with Crippen molar-refractivity contribution in [1.82, 2.24) is 5.32 Å². The molecule has 0 aliphatic heterocycles. The molecule has 1 fully saturated rings. The van der Waals surface area contributed by atoms with Crippen molar-refractivity contribution in [3.8, 4) is 0 Å². The molecule has 0 aromatic heterocycles. The van der Waals surface area contributed by atoms with E-state index in [1.807, 2.05) is 6.07 Å². The maximum absolute atomic E-state index is 12.1. The van der Waals surface area contributed by atoms with Crippen molar-refractivity contribution in [1.29, 1.82) is 0 Å². The third kappa shape index (κ3) is 3.22. The largest absolute Gasteiger partial charge is 0.399 e. The fourth-order valence-corrected chi connectivity index (χ4v) is 2.65. The van der Waals surface area contributed by atoms with E-state index in [-0.39, 0.29) is 5.91 Å². The first-order valence-electron chi connectivity index (χ1n) is 6.02. The van der Waals surface area contributed by atoms with E-state index in [2.05, 4.69) is 21.2 Å². The summed E-state index contributed by atoms with van der Waals surface area (Å²) in [6.45, 7) is 0. The van der Waals surface area contributed by atoms with E-state index >= 15 is 0 Å². The Hall–Kier alpha value is -1.03. The molecule has 1 aliphatic carbocycles. The first-order valence-corrected chi connectivity index (χ1v) is 6.82. The Bertz CT molecular complexity index is 414. The fraction of sp³-hybridized carbons (Fsp3) is 0.462. The van der Waals surface area contributed by atoms with Crippen LogP contribution >= 0.6 is 15.9 Å². The lowest BCUT2D eigenvalue weighted by atomic mass is 9.95. The van der Waals surface area contributed by atoms with Gasteiger partial charge >= 0.3 is 0 Å². The van der Waals surface area contributed by atoms with E-state index in [9.17, 15) is 4.79 Å². The van der Waals surface area contributed by atoms with Gasteiger partial charge in [0.15, 0.2) is 0 Å². The Morgan fingerprint density at radius 1 is 1.29 bits per heavy atom. The van der Waals surface area contributed by atoms with Crippen LogP contribution in [0.15, 0.2) is 22.7 Å². The predicted molar refractivity (Wildman–Crippen MR) is 72.9 cm³/mol. The third-order valence-electron chi connectivity index (χ3n) is 3.18. The van der Waals surface area contributed by atoms with Crippen LogP contribution in [0.5, 0.6) is 0 Å². The average molecular weight is 297 g/mol. The van der Waals surface area contributed by atoms with E-state index in [0.29, 0.717) is 17.3 Å². The molecule has 92 valence electrons. The van der Waals surface area contributed by atoms with Gasteiger partial charge in [0.25, 0.3) is 5.91 Å². The summed E-state index contributed by atoms with van der Waals surface area (Å²) in [5.74, 6) is -0.0314. The van der Waals surface area contributed by atoms with E-state index in [1.54, 1.807) is 12.1 Å². The van der Waals surface area contributed by atoms with Gasteiger partial charge in [-0.15, -0.1) is 0 Å². The van der Waals surface area contributed by atoms with E-state index < -0.39 is 0 Å². The molecule has 17 heavy (non-hydrogen) atoms. The monoisotopic (exact) mass is 296 g/mol. The number of hydrogen-bond donors (Lipinski definition) is 2. The van der Waals surface area contributed by atoms with Crippen molar-refractivity contribution < 1.29 is 4.79 Å². The van der Waals surface area contributed by atoms with Crippen LogP contribution in [0.2, 0.25) is 0 Å². The number of carbonyl (C=O) groups is 1. The summed E-state index contributed by atoms with van der Waals surface area (Å²) in [6, 6.07) is 5.62. The topological polar surface area (TPSA) is 55.1 Å². The standard InChI is InChI=1S/C13H17BrN2O/c14-12-7-6-9(15)8-11(12)13(17)16-10-4-2-1-3-5-10/h6-8,10H,1-5,15H2,(H,16,17). The Morgan fingerprint density at radius 3 is 2.71 bits per heavy atom. The maximum atomic E-state index is 12.1. The van der Waals surface area contributed by atoms with Gasteiger partial charge in [-0.3, -0.25) is 4.79 Å². The molecule has 3 N–H and O–H groups in total. The molecule has 3 nitrogen and oxygen atoms in total. The van der Waals surface area contributed by atoms with Crippen LogP contribution in [0.1, 0.15) is 42.5 Å². The summed E-state index contributed by atoms with van der Waals surface area (Å²) in [5.41, 5.74) is 6.93. The van der Waals surface area contributed by atoms with Gasteiger partial charge in [-0.2, -0.15) is 0 Å². The number of amides is 1. The number of hydrogen-bond acceptors (Lipinski definition) is 2. The van der Waals surface area contributed by atoms with Gasteiger partial charge in [0.2, 0.25) is 0 Å². The summed E-state index contributed by atoms with van der Waals surface area (Å²) < 4.78 is 0.792. The number of anilines is 1. The van der Waals surface area contributed by atoms with Crippen LogP contribution in [0.25, 0.3) is 0 Å². The summed E-state index contributed by atoms with van der Waals surface area (Å²) >= 11 is 3.38. The Morgan fingerprint density at radius 2 is 2.00 bits per heavy atom. The molecule has 1 aromatic carbocycles. The van der Waals surface area contributed by atoms with E-state index in [1.165, 1.54) is 19.3 Å². The fourth-order valence-electron chi connectivity index (χ4n) is 2.23. The number of nitrogens with one attached hydrogen (secondary N) is 1. The minimum atomic E-state index is -0.0314. The number of benzene rings is 1. The maximum Gasteiger partial charge on any atom is 0.252 e. The van der Waals surface area contributed by atoms with Gasteiger partial charge in [0, 0.05) is 16.2 Å². The Labute approximate surface area is 110 Å². The van der Waals surface area contributed by atoms with Gasteiger partial charge < -0.3 is 11.1 Å². The molecule has 0 bridgehead atoms. The third-order valence-corrected chi connectivity index (χ3v) is 3.87. The normalized spacial score (nSPS) is 16.8. The second kappa shape index (κ2) is 5.54. The lowest BCUT2D eigenvalue weighted by Gasteiger charge is -2.23. The zero-order chi connectivity index (χ0) is 12.3. The van der Waals surface area contributed by atoms with Gasteiger partial charge in [0.1, 0.15) is 0 Å². The minimum absolute atomic E-state index is 0.0314. The zero-order valence-corrected chi connectivity index (χ0v) is 11.3. The Balaban J connectivity index is 2.05. The smallest absolute Gasteiger partial charge is 0.252 e. The summed E-state index contributed by atoms with van der Waals surface area (Å²) in [7, 11) is 0. The molecule has 4 heteroatoms. The number of rotatable bonds is 2. The lowest BCUT2D eigenvalue weighted by Crippen LogP contribution is -2.36.